The van der Waals surface area contributed by atoms with Crippen molar-refractivity contribution in [1.82, 2.24) is 5.32 Å². The first-order chi connectivity index (χ1) is 6.61. The average Bonchev–Trinajstić information content (AvgIpc) is 2.15. The van der Waals surface area contributed by atoms with Crippen LogP contribution in [-0.2, 0) is 9.53 Å². The van der Waals surface area contributed by atoms with Gasteiger partial charge in [0.25, 0.3) is 0 Å². The van der Waals surface area contributed by atoms with E-state index in [0.29, 0.717) is 12.5 Å². The van der Waals surface area contributed by atoms with Crippen molar-refractivity contribution in [2.24, 2.45) is 11.8 Å². The van der Waals surface area contributed by atoms with Crippen molar-refractivity contribution in [3.8, 4) is 0 Å². The molecule has 0 saturated heterocycles. The molecule has 3 heteroatoms. The second kappa shape index (κ2) is 7.80. The molecule has 0 rings (SSSR count). The number of nitrogens with one attached hydrogen (secondary N) is 1. The Labute approximate surface area is 87.2 Å². The Kier molecular flexibility index (Phi) is 7.48. The molecule has 0 saturated carbocycles. The minimum absolute atomic E-state index is 0.0174. The molecule has 1 unspecified atom stereocenters. The first-order valence-electron chi connectivity index (χ1n) is 5.41. The van der Waals surface area contributed by atoms with E-state index >= 15 is 0 Å². The Balaban J connectivity index is 3.78. The normalized spacial score (nSPS) is 12.9. The summed E-state index contributed by atoms with van der Waals surface area (Å²) in [4.78, 5) is 11.4. The SMILES string of the molecule is CCCC(COCC(C)C)C(=O)NC. The lowest BCUT2D eigenvalue weighted by atomic mass is 10.0. The van der Waals surface area contributed by atoms with Gasteiger partial charge in [0.05, 0.1) is 12.5 Å². The maximum atomic E-state index is 11.4. The van der Waals surface area contributed by atoms with Crippen molar-refractivity contribution in [3.05, 3.63) is 0 Å². The quantitative estimate of drug-likeness (QED) is 0.682. The molecule has 84 valence electrons. The highest BCUT2D eigenvalue weighted by atomic mass is 16.5. The van der Waals surface area contributed by atoms with Gasteiger partial charge in [-0.05, 0) is 12.3 Å². The third-order valence-corrected chi connectivity index (χ3v) is 2.02. The van der Waals surface area contributed by atoms with Gasteiger partial charge in [-0.15, -0.1) is 0 Å². The fraction of sp³-hybridized carbons (Fsp3) is 0.909. The molecule has 1 N–H and O–H groups in total. The third kappa shape index (κ3) is 5.97. The Hall–Kier alpha value is -0.570. The molecule has 0 aromatic carbocycles. The molecular weight excluding hydrogens is 178 g/mol. The molecule has 0 bridgehead atoms. The number of hydrogen-bond donors (Lipinski definition) is 1. The molecule has 14 heavy (non-hydrogen) atoms. The van der Waals surface area contributed by atoms with E-state index in [-0.39, 0.29) is 11.8 Å². The van der Waals surface area contributed by atoms with Crippen LogP contribution in [-0.4, -0.2) is 26.2 Å². The summed E-state index contributed by atoms with van der Waals surface area (Å²) in [6.45, 7) is 7.57. The van der Waals surface area contributed by atoms with Crippen LogP contribution in [0, 0.1) is 11.8 Å². The minimum atomic E-state index is 0.0174. The van der Waals surface area contributed by atoms with Crippen molar-refractivity contribution < 1.29 is 9.53 Å². The van der Waals surface area contributed by atoms with Crippen LogP contribution in [0.1, 0.15) is 33.6 Å². The number of carbonyl (C=O) groups is 1. The summed E-state index contributed by atoms with van der Waals surface area (Å²) in [5.41, 5.74) is 0. The van der Waals surface area contributed by atoms with Gasteiger partial charge in [0.2, 0.25) is 5.91 Å². The van der Waals surface area contributed by atoms with E-state index in [1.54, 1.807) is 7.05 Å². The second-order valence-corrected chi connectivity index (χ2v) is 4.03. The van der Waals surface area contributed by atoms with Gasteiger partial charge in [0.15, 0.2) is 0 Å². The van der Waals surface area contributed by atoms with Crippen LogP contribution in [0.5, 0.6) is 0 Å². The van der Waals surface area contributed by atoms with E-state index in [0.717, 1.165) is 19.4 Å². The van der Waals surface area contributed by atoms with E-state index in [2.05, 4.69) is 26.1 Å². The smallest absolute Gasteiger partial charge is 0.225 e. The van der Waals surface area contributed by atoms with Gasteiger partial charge >= 0.3 is 0 Å². The molecule has 0 spiro atoms. The van der Waals surface area contributed by atoms with Crippen molar-refractivity contribution in [2.75, 3.05) is 20.3 Å². The summed E-state index contributed by atoms with van der Waals surface area (Å²) in [7, 11) is 1.67. The molecule has 3 nitrogen and oxygen atoms in total. The van der Waals surface area contributed by atoms with E-state index in [1.807, 2.05) is 0 Å². The number of amides is 1. The lowest BCUT2D eigenvalue weighted by Gasteiger charge is -2.15. The van der Waals surface area contributed by atoms with Crippen molar-refractivity contribution in [2.45, 2.75) is 33.6 Å². The zero-order valence-electron chi connectivity index (χ0n) is 9.80. The summed E-state index contributed by atoms with van der Waals surface area (Å²) in [5.74, 6) is 0.640. The van der Waals surface area contributed by atoms with E-state index < -0.39 is 0 Å². The highest BCUT2D eigenvalue weighted by Gasteiger charge is 2.16. The molecule has 0 fully saturated rings. The standard InChI is InChI=1S/C11H23NO2/c1-5-6-10(11(13)12-4)8-14-7-9(2)3/h9-10H,5-8H2,1-4H3,(H,12,13). The summed E-state index contributed by atoms with van der Waals surface area (Å²) >= 11 is 0. The summed E-state index contributed by atoms with van der Waals surface area (Å²) < 4.78 is 5.47. The maximum absolute atomic E-state index is 11.4. The topological polar surface area (TPSA) is 38.3 Å². The molecule has 1 amide bonds. The van der Waals surface area contributed by atoms with Gasteiger partial charge in [-0.25, -0.2) is 0 Å². The predicted molar refractivity (Wildman–Crippen MR) is 58.1 cm³/mol. The lowest BCUT2D eigenvalue weighted by Crippen LogP contribution is -2.30. The Morgan fingerprint density at radius 2 is 2.00 bits per heavy atom. The van der Waals surface area contributed by atoms with Crippen molar-refractivity contribution >= 4 is 5.91 Å². The van der Waals surface area contributed by atoms with Crippen LogP contribution >= 0.6 is 0 Å². The van der Waals surface area contributed by atoms with Gasteiger partial charge in [0.1, 0.15) is 0 Å². The molecule has 0 aliphatic rings. The van der Waals surface area contributed by atoms with Crippen LogP contribution in [0.3, 0.4) is 0 Å². The number of ether oxygens (including phenoxy) is 1. The van der Waals surface area contributed by atoms with Crippen LogP contribution in [0.25, 0.3) is 0 Å². The van der Waals surface area contributed by atoms with Crippen molar-refractivity contribution in [1.29, 1.82) is 0 Å². The molecule has 1 atom stereocenters. The van der Waals surface area contributed by atoms with Gasteiger partial charge in [-0.3, -0.25) is 4.79 Å². The average molecular weight is 201 g/mol. The molecule has 0 aliphatic carbocycles. The third-order valence-electron chi connectivity index (χ3n) is 2.02. The van der Waals surface area contributed by atoms with Gasteiger partial charge in [0, 0.05) is 13.7 Å². The fourth-order valence-electron chi connectivity index (χ4n) is 1.29. The zero-order valence-corrected chi connectivity index (χ0v) is 9.80. The monoisotopic (exact) mass is 201 g/mol. The first kappa shape index (κ1) is 13.4. The zero-order chi connectivity index (χ0) is 11.0. The molecule has 0 radical (unpaired) electrons. The number of hydrogen-bond acceptors (Lipinski definition) is 2. The maximum Gasteiger partial charge on any atom is 0.225 e. The van der Waals surface area contributed by atoms with E-state index in [1.165, 1.54) is 0 Å². The molecule has 0 aromatic heterocycles. The van der Waals surface area contributed by atoms with Crippen LogP contribution in [0.2, 0.25) is 0 Å². The van der Waals surface area contributed by atoms with Gasteiger partial charge < -0.3 is 10.1 Å². The Morgan fingerprint density at radius 1 is 1.36 bits per heavy atom. The minimum Gasteiger partial charge on any atom is -0.380 e. The Morgan fingerprint density at radius 3 is 2.43 bits per heavy atom. The van der Waals surface area contributed by atoms with Gasteiger partial charge in [-0.1, -0.05) is 27.2 Å². The summed E-state index contributed by atoms with van der Waals surface area (Å²) in [5, 5.41) is 2.67. The van der Waals surface area contributed by atoms with Crippen LogP contribution in [0.15, 0.2) is 0 Å². The number of carbonyl (C=O) groups excluding carboxylic acids is 1. The van der Waals surface area contributed by atoms with Gasteiger partial charge in [-0.2, -0.15) is 0 Å². The van der Waals surface area contributed by atoms with Crippen LogP contribution < -0.4 is 5.32 Å². The lowest BCUT2D eigenvalue weighted by molar-refractivity contribution is -0.126. The highest BCUT2D eigenvalue weighted by molar-refractivity contribution is 5.78. The summed E-state index contributed by atoms with van der Waals surface area (Å²) in [6.07, 6.45) is 1.92. The Bertz CT molecular complexity index is 157. The number of rotatable bonds is 7. The molecule has 0 aliphatic heterocycles. The van der Waals surface area contributed by atoms with E-state index in [9.17, 15) is 4.79 Å². The first-order valence-corrected chi connectivity index (χ1v) is 5.41. The second-order valence-electron chi connectivity index (χ2n) is 4.03. The highest BCUT2D eigenvalue weighted by Crippen LogP contribution is 2.07. The largest absolute Gasteiger partial charge is 0.380 e. The molecular formula is C11H23NO2. The van der Waals surface area contributed by atoms with E-state index in [4.69, 9.17) is 4.74 Å². The fourth-order valence-corrected chi connectivity index (χ4v) is 1.29. The predicted octanol–water partition coefficient (Wildman–Crippen LogP) is 1.82. The molecule has 0 aromatic rings. The summed E-state index contributed by atoms with van der Waals surface area (Å²) in [6, 6.07) is 0. The molecule has 0 heterocycles. The van der Waals surface area contributed by atoms with Crippen molar-refractivity contribution in [3.63, 3.8) is 0 Å². The van der Waals surface area contributed by atoms with Crippen LogP contribution in [0.4, 0.5) is 0 Å².